The van der Waals surface area contributed by atoms with Crippen molar-refractivity contribution in [3.8, 4) is 29.0 Å². The molecular formula is C35H42F2N8O5. The van der Waals surface area contributed by atoms with Crippen molar-refractivity contribution in [2.75, 3.05) is 63.3 Å². The number of alkyl halides is 2. The van der Waals surface area contributed by atoms with Gasteiger partial charge in [-0.2, -0.15) is 10.2 Å². The molecule has 1 unspecified atom stereocenters. The Hall–Kier alpha value is -4.81. The lowest BCUT2D eigenvalue weighted by Crippen LogP contribution is -2.59. The Bertz CT molecular complexity index is 1740. The number of nitrogens with zero attached hydrogens (tertiary/aromatic N) is 7. The smallest absolute Gasteiger partial charge is 0.410 e. The Morgan fingerprint density at radius 2 is 1.90 bits per heavy atom. The van der Waals surface area contributed by atoms with Crippen LogP contribution in [0.5, 0.6) is 11.6 Å². The van der Waals surface area contributed by atoms with E-state index in [0.29, 0.717) is 34.8 Å². The second-order valence-electron chi connectivity index (χ2n) is 13.7. The molecule has 1 N–H and O–H groups in total. The van der Waals surface area contributed by atoms with Crippen LogP contribution in [-0.2, 0) is 9.47 Å². The first-order chi connectivity index (χ1) is 23.8. The van der Waals surface area contributed by atoms with E-state index < -0.39 is 30.3 Å². The average Bonchev–Trinajstić information content (AvgIpc) is 3.04. The fraction of sp³-hybridized carbons (Fsp3) is 0.514. The molecular weight excluding hydrogens is 650 g/mol. The van der Waals surface area contributed by atoms with Gasteiger partial charge in [0.2, 0.25) is 5.88 Å². The summed E-state index contributed by atoms with van der Waals surface area (Å²) < 4.78 is 52.3. The van der Waals surface area contributed by atoms with E-state index in [4.69, 9.17) is 23.9 Å². The number of rotatable bonds is 8. The Kier molecular flexibility index (Phi) is 9.95. The number of carbonyl (C=O) groups excluding carboxylic acids is 1. The summed E-state index contributed by atoms with van der Waals surface area (Å²) in [5, 5.41) is 13.1. The van der Waals surface area contributed by atoms with Crippen molar-refractivity contribution < 1.29 is 32.5 Å². The maximum Gasteiger partial charge on any atom is 0.410 e. The van der Waals surface area contributed by atoms with Gasteiger partial charge in [0.05, 0.1) is 44.2 Å². The molecule has 3 fully saturated rings. The zero-order valence-corrected chi connectivity index (χ0v) is 28.9. The number of halogens is 2. The number of likely N-dealkylation sites (tertiary alicyclic amines) is 1. The van der Waals surface area contributed by atoms with Crippen LogP contribution in [0.25, 0.3) is 11.3 Å². The number of amides is 1. The SMILES string of the molecule is COc1nc(Nc2cc(-c3ccc(OC4CCN(C(=O)OC(C)(C)C)CC4(F)F)c(C#N)c3)ncn2)ccc1N1CCN(C2COC2)C[C@@H]1C. The monoisotopic (exact) mass is 692 g/mol. The summed E-state index contributed by atoms with van der Waals surface area (Å²) in [6, 6.07) is 13.0. The summed E-state index contributed by atoms with van der Waals surface area (Å²) in [6.07, 6.45) is -1.08. The van der Waals surface area contributed by atoms with Crippen LogP contribution in [0.3, 0.4) is 0 Å². The van der Waals surface area contributed by atoms with Crippen molar-refractivity contribution in [2.24, 2.45) is 0 Å². The highest BCUT2D eigenvalue weighted by molar-refractivity contribution is 5.69. The number of ether oxygens (including phenoxy) is 4. The summed E-state index contributed by atoms with van der Waals surface area (Å²) in [7, 11) is 1.60. The normalized spacial score (nSPS) is 21.2. The molecule has 266 valence electrons. The topological polar surface area (TPSA) is 138 Å². The molecule has 6 rings (SSSR count). The number of carbonyl (C=O) groups is 1. The Morgan fingerprint density at radius 1 is 1.10 bits per heavy atom. The molecule has 0 radical (unpaired) electrons. The summed E-state index contributed by atoms with van der Waals surface area (Å²) in [5.74, 6) is -1.87. The number of piperidine rings is 1. The molecule has 0 bridgehead atoms. The predicted octanol–water partition coefficient (Wildman–Crippen LogP) is 5.10. The number of methoxy groups -OCH3 is 1. The maximum atomic E-state index is 15.1. The van der Waals surface area contributed by atoms with Crippen LogP contribution < -0.4 is 19.7 Å². The van der Waals surface area contributed by atoms with Crippen LogP contribution >= 0.6 is 0 Å². The highest BCUT2D eigenvalue weighted by Crippen LogP contribution is 2.35. The number of nitrogens with one attached hydrogen (secondary N) is 1. The summed E-state index contributed by atoms with van der Waals surface area (Å²) >= 11 is 0. The largest absolute Gasteiger partial charge is 0.483 e. The molecule has 15 heteroatoms. The van der Waals surface area contributed by atoms with Crippen molar-refractivity contribution in [1.29, 1.82) is 5.26 Å². The van der Waals surface area contributed by atoms with E-state index in [1.807, 2.05) is 18.2 Å². The second kappa shape index (κ2) is 14.2. The van der Waals surface area contributed by atoms with E-state index in [2.05, 4.69) is 32.0 Å². The van der Waals surface area contributed by atoms with Gasteiger partial charge < -0.3 is 34.1 Å². The van der Waals surface area contributed by atoms with Gasteiger partial charge in [-0.05, 0) is 58.0 Å². The van der Waals surface area contributed by atoms with Gasteiger partial charge in [-0.15, -0.1) is 0 Å². The van der Waals surface area contributed by atoms with E-state index >= 15 is 8.78 Å². The van der Waals surface area contributed by atoms with Crippen molar-refractivity contribution in [3.05, 3.63) is 48.3 Å². The summed E-state index contributed by atoms with van der Waals surface area (Å²) in [5.41, 5.74) is 1.23. The number of hydrogen-bond acceptors (Lipinski definition) is 12. The van der Waals surface area contributed by atoms with Crippen LogP contribution in [0.4, 0.5) is 30.9 Å². The first kappa shape index (κ1) is 35.0. The van der Waals surface area contributed by atoms with Crippen molar-refractivity contribution in [3.63, 3.8) is 0 Å². The molecule has 50 heavy (non-hydrogen) atoms. The van der Waals surface area contributed by atoms with Crippen molar-refractivity contribution in [1.82, 2.24) is 24.8 Å². The molecule has 3 aromatic rings. The van der Waals surface area contributed by atoms with Gasteiger partial charge >= 0.3 is 12.0 Å². The number of pyridine rings is 1. The van der Waals surface area contributed by atoms with Gasteiger partial charge in [0, 0.05) is 50.3 Å². The van der Waals surface area contributed by atoms with E-state index in [1.165, 1.54) is 18.5 Å². The zero-order chi connectivity index (χ0) is 35.6. The average molecular weight is 693 g/mol. The van der Waals surface area contributed by atoms with Gasteiger partial charge in [0.15, 0.2) is 6.10 Å². The minimum Gasteiger partial charge on any atom is -0.483 e. The van der Waals surface area contributed by atoms with Crippen LogP contribution in [0.15, 0.2) is 42.7 Å². The first-order valence-corrected chi connectivity index (χ1v) is 16.6. The fourth-order valence-electron chi connectivity index (χ4n) is 6.28. The number of piperazine rings is 1. The van der Waals surface area contributed by atoms with Gasteiger partial charge in [-0.3, -0.25) is 4.90 Å². The molecule has 3 aliphatic rings. The third-order valence-electron chi connectivity index (χ3n) is 8.91. The van der Waals surface area contributed by atoms with Crippen LogP contribution in [-0.4, -0.2) is 114 Å². The maximum absolute atomic E-state index is 15.1. The highest BCUT2D eigenvalue weighted by Gasteiger charge is 2.48. The molecule has 3 saturated heterocycles. The van der Waals surface area contributed by atoms with Gasteiger partial charge in [0.25, 0.3) is 0 Å². The van der Waals surface area contributed by atoms with Crippen LogP contribution in [0.2, 0.25) is 0 Å². The number of anilines is 3. The van der Waals surface area contributed by atoms with Gasteiger partial charge in [0.1, 0.15) is 41.1 Å². The molecule has 3 aliphatic heterocycles. The van der Waals surface area contributed by atoms with Crippen molar-refractivity contribution in [2.45, 2.75) is 63.8 Å². The fourth-order valence-corrected chi connectivity index (χ4v) is 6.28. The third kappa shape index (κ3) is 7.81. The standard InChI is InChI=1S/C35H42F2N8O5/c1-22-17-43(25-18-48-19-25)12-13-45(22)27-7-9-30(42-32(27)47-5)41-31-15-26(39-21-40-31)23-6-8-28(24(14-23)16-38)49-29-10-11-44(20-35(29,36)37)33(46)50-34(2,3)4/h6-9,14-15,21-22,25,29H,10-13,17-20H2,1-5H3,(H,39,40,41,42)/t22-,29?/m0/s1. The van der Waals surface area contributed by atoms with Gasteiger partial charge in [-0.1, -0.05) is 0 Å². The molecule has 5 heterocycles. The lowest BCUT2D eigenvalue weighted by atomic mass is 10.0. The Balaban J connectivity index is 1.12. The van der Waals surface area contributed by atoms with Crippen molar-refractivity contribution >= 4 is 23.4 Å². The van der Waals surface area contributed by atoms with Gasteiger partial charge in [-0.25, -0.2) is 23.5 Å². The number of aromatic nitrogens is 3. The quantitative estimate of drug-likeness (QED) is 0.336. The molecule has 13 nitrogen and oxygen atoms in total. The number of nitriles is 1. The van der Waals surface area contributed by atoms with E-state index in [0.717, 1.165) is 43.4 Å². The molecule has 2 atom stereocenters. The molecule has 2 aromatic heterocycles. The molecule has 1 amide bonds. The molecule has 0 aliphatic carbocycles. The van der Waals surface area contributed by atoms with E-state index in [9.17, 15) is 10.1 Å². The highest BCUT2D eigenvalue weighted by atomic mass is 19.3. The predicted molar refractivity (Wildman–Crippen MR) is 181 cm³/mol. The molecule has 0 spiro atoms. The third-order valence-corrected chi connectivity index (χ3v) is 8.91. The molecule has 1 aromatic carbocycles. The second-order valence-corrected chi connectivity index (χ2v) is 13.7. The minimum atomic E-state index is -3.36. The summed E-state index contributed by atoms with van der Waals surface area (Å²) in [4.78, 5) is 31.5. The van der Waals surface area contributed by atoms with Crippen LogP contribution in [0, 0.1) is 11.3 Å². The van der Waals surface area contributed by atoms with E-state index in [-0.39, 0.29) is 30.3 Å². The number of benzene rings is 1. The van der Waals surface area contributed by atoms with E-state index in [1.54, 1.807) is 40.0 Å². The minimum absolute atomic E-state index is 0.0169. The lowest BCUT2D eigenvalue weighted by Gasteiger charge is -2.46. The Morgan fingerprint density at radius 3 is 2.56 bits per heavy atom. The number of hydrogen-bond donors (Lipinski definition) is 1. The lowest BCUT2D eigenvalue weighted by molar-refractivity contribution is -0.137. The Labute approximate surface area is 290 Å². The van der Waals surface area contributed by atoms with Crippen LogP contribution in [0.1, 0.15) is 39.7 Å². The zero-order valence-electron chi connectivity index (χ0n) is 28.9. The summed E-state index contributed by atoms with van der Waals surface area (Å²) in [6.45, 7) is 10.7. The molecule has 0 saturated carbocycles. The first-order valence-electron chi connectivity index (χ1n) is 16.6.